The van der Waals surface area contributed by atoms with E-state index in [1.165, 1.54) is 55.4 Å². The first-order chi connectivity index (χ1) is 19.7. The number of ether oxygens (including phenoxy) is 1. The number of aromatic hydroxyl groups is 1. The molecule has 4 bridgehead atoms. The topological polar surface area (TPSA) is 80.9 Å². The highest BCUT2D eigenvalue weighted by molar-refractivity contribution is 7.07. The summed E-state index contributed by atoms with van der Waals surface area (Å²) in [6.07, 6.45) is 9.63. The third-order valence-corrected chi connectivity index (χ3v) is 10.9. The van der Waals surface area contributed by atoms with Crippen molar-refractivity contribution in [1.82, 2.24) is 4.57 Å². The molecule has 0 unspecified atom stereocenters. The van der Waals surface area contributed by atoms with Crippen LogP contribution in [0.25, 0.3) is 6.08 Å². The molecule has 7 heteroatoms. The van der Waals surface area contributed by atoms with Crippen molar-refractivity contribution in [3.05, 3.63) is 95.7 Å². The zero-order chi connectivity index (χ0) is 28.5. The maximum Gasteiger partial charge on any atom is 0.338 e. The van der Waals surface area contributed by atoms with Crippen LogP contribution in [0.3, 0.4) is 0 Å². The second kappa shape index (κ2) is 9.83. The van der Waals surface area contributed by atoms with Crippen LogP contribution in [0.2, 0.25) is 0 Å². The number of benzene rings is 2. The average molecular weight is 569 g/mol. The van der Waals surface area contributed by atoms with Gasteiger partial charge in [-0.15, -0.1) is 0 Å². The van der Waals surface area contributed by atoms with E-state index in [2.05, 4.69) is 12.1 Å². The second-order valence-corrected chi connectivity index (χ2v) is 13.7. The lowest BCUT2D eigenvalue weighted by atomic mass is 9.48. The van der Waals surface area contributed by atoms with Crippen LogP contribution in [0.1, 0.15) is 80.7 Å². The van der Waals surface area contributed by atoms with E-state index in [4.69, 9.17) is 9.73 Å². The Labute approximate surface area is 243 Å². The number of hydrogen-bond donors (Lipinski definition) is 1. The van der Waals surface area contributed by atoms with Gasteiger partial charge in [0.15, 0.2) is 4.80 Å². The Morgan fingerprint density at radius 1 is 1.07 bits per heavy atom. The molecule has 8 rings (SSSR count). The predicted molar refractivity (Wildman–Crippen MR) is 160 cm³/mol. The van der Waals surface area contributed by atoms with Crippen LogP contribution in [0.15, 0.2) is 63.5 Å². The highest BCUT2D eigenvalue weighted by Gasteiger charge is 2.51. The standard InChI is InChI=1S/C34H36N2O4S/c1-4-40-32(39)29-20(3)35-33-36(30(29)24-7-5-19(2)6-8-24)31(38)28(41-33)15-25-14-26(9-10-27(25)37)34-16-21-11-22(17-34)13-23(12-21)18-34/h5-10,14-15,21-23,30,37H,4,11-13,16-18H2,1-3H3/b28-15+/t21?,22?,23?,30-,34?/m0/s1. The number of aryl methyl sites for hydroxylation is 1. The molecule has 1 aromatic heterocycles. The molecule has 212 valence electrons. The summed E-state index contributed by atoms with van der Waals surface area (Å²) in [5.41, 5.74) is 4.77. The Hall–Kier alpha value is -3.45. The minimum absolute atomic E-state index is 0.169. The fraction of sp³-hybridized carbons (Fsp3) is 0.441. The molecule has 6 nitrogen and oxygen atoms in total. The smallest absolute Gasteiger partial charge is 0.338 e. The van der Waals surface area contributed by atoms with Crippen LogP contribution >= 0.6 is 11.3 Å². The molecule has 0 amide bonds. The SMILES string of the molecule is CCOC(=O)C1=C(C)N=c2s/c(=C/c3cc(C45CC6CC(CC(C6)C4)C5)ccc3O)c(=O)n2[C@H]1c1ccc(C)cc1. The Bertz CT molecular complexity index is 1730. The Balaban J connectivity index is 1.34. The number of carbonyl (C=O) groups is 1. The highest BCUT2D eigenvalue weighted by Crippen LogP contribution is 2.60. The number of allylic oxidation sites excluding steroid dienone is 1. The van der Waals surface area contributed by atoms with Crippen molar-refractivity contribution in [2.24, 2.45) is 22.7 Å². The lowest BCUT2D eigenvalue weighted by Gasteiger charge is -2.57. The first kappa shape index (κ1) is 26.4. The summed E-state index contributed by atoms with van der Waals surface area (Å²) >= 11 is 1.29. The first-order valence-electron chi connectivity index (χ1n) is 14.8. The van der Waals surface area contributed by atoms with Crippen LogP contribution in [-0.2, 0) is 14.9 Å². The number of thiazole rings is 1. The van der Waals surface area contributed by atoms with Crippen molar-refractivity contribution in [2.45, 2.75) is 70.8 Å². The van der Waals surface area contributed by atoms with Gasteiger partial charge in [0.05, 0.1) is 28.5 Å². The normalized spacial score (nSPS) is 28.5. The molecule has 1 aliphatic heterocycles. The summed E-state index contributed by atoms with van der Waals surface area (Å²) in [4.78, 5) is 32.4. The van der Waals surface area contributed by atoms with Crippen LogP contribution in [-0.4, -0.2) is 22.2 Å². The third-order valence-electron chi connectivity index (χ3n) is 9.87. The van der Waals surface area contributed by atoms with Gasteiger partial charge >= 0.3 is 5.97 Å². The molecular formula is C34H36N2O4S. The van der Waals surface area contributed by atoms with Crippen LogP contribution < -0.4 is 14.9 Å². The molecule has 1 atom stereocenters. The van der Waals surface area contributed by atoms with E-state index in [1.807, 2.05) is 31.2 Å². The third kappa shape index (κ3) is 4.40. The fourth-order valence-electron chi connectivity index (χ4n) is 8.46. The maximum atomic E-state index is 14.0. The maximum absolute atomic E-state index is 14.0. The first-order valence-corrected chi connectivity index (χ1v) is 15.7. The van der Waals surface area contributed by atoms with Gasteiger partial charge in [-0.1, -0.05) is 47.2 Å². The number of phenolic OH excluding ortho intramolecular Hbond substituents is 1. The molecule has 0 spiro atoms. The van der Waals surface area contributed by atoms with E-state index in [-0.39, 0.29) is 23.3 Å². The lowest BCUT2D eigenvalue weighted by Crippen LogP contribution is -2.48. The summed E-state index contributed by atoms with van der Waals surface area (Å²) in [5, 5.41) is 10.9. The summed E-state index contributed by atoms with van der Waals surface area (Å²) in [6, 6.07) is 13.3. The Morgan fingerprint density at radius 3 is 2.37 bits per heavy atom. The summed E-state index contributed by atoms with van der Waals surface area (Å²) < 4.78 is 7.50. The number of hydrogen-bond acceptors (Lipinski definition) is 6. The van der Waals surface area contributed by atoms with E-state index in [9.17, 15) is 14.7 Å². The molecule has 4 fully saturated rings. The van der Waals surface area contributed by atoms with Gasteiger partial charge in [-0.05, 0) is 112 Å². The molecular weight excluding hydrogens is 532 g/mol. The minimum atomic E-state index is -0.639. The van der Waals surface area contributed by atoms with Crippen LogP contribution in [0.4, 0.5) is 0 Å². The van der Waals surface area contributed by atoms with Crippen molar-refractivity contribution in [3.8, 4) is 5.75 Å². The van der Waals surface area contributed by atoms with E-state index >= 15 is 0 Å². The quantitative estimate of drug-likeness (QED) is 0.425. The molecule has 1 N–H and O–H groups in total. The molecule has 3 aromatic rings. The second-order valence-electron chi connectivity index (χ2n) is 12.7. The van der Waals surface area contributed by atoms with E-state index < -0.39 is 12.0 Å². The fourth-order valence-corrected chi connectivity index (χ4v) is 9.50. The Morgan fingerprint density at radius 2 is 1.73 bits per heavy atom. The van der Waals surface area contributed by atoms with Crippen LogP contribution in [0.5, 0.6) is 5.75 Å². The predicted octanol–water partition coefficient (Wildman–Crippen LogP) is 5.28. The van der Waals surface area contributed by atoms with Gasteiger partial charge in [-0.25, -0.2) is 9.79 Å². The van der Waals surface area contributed by atoms with E-state index in [0.29, 0.717) is 26.2 Å². The number of rotatable bonds is 5. The van der Waals surface area contributed by atoms with Crippen molar-refractivity contribution in [2.75, 3.05) is 6.61 Å². The molecule has 4 aliphatic carbocycles. The van der Waals surface area contributed by atoms with Gasteiger partial charge in [0.2, 0.25) is 0 Å². The molecule has 2 aromatic carbocycles. The molecule has 0 radical (unpaired) electrons. The zero-order valence-electron chi connectivity index (χ0n) is 23.9. The average Bonchev–Trinajstić information content (AvgIpc) is 3.23. The Kier molecular flexibility index (Phi) is 6.34. The number of aromatic nitrogens is 1. The molecule has 41 heavy (non-hydrogen) atoms. The molecule has 2 heterocycles. The largest absolute Gasteiger partial charge is 0.507 e. The lowest BCUT2D eigenvalue weighted by molar-refractivity contribution is -0.139. The van der Waals surface area contributed by atoms with E-state index in [1.54, 1.807) is 30.6 Å². The number of phenols is 1. The highest BCUT2D eigenvalue weighted by atomic mass is 32.1. The van der Waals surface area contributed by atoms with E-state index in [0.717, 1.165) is 28.9 Å². The monoisotopic (exact) mass is 568 g/mol. The number of nitrogens with zero attached hydrogens (tertiary/aromatic N) is 2. The number of carbonyl (C=O) groups excluding carboxylic acids is 1. The summed E-state index contributed by atoms with van der Waals surface area (Å²) in [5.74, 6) is 2.17. The molecule has 0 saturated heterocycles. The van der Waals surface area contributed by atoms with Gasteiger partial charge in [0.1, 0.15) is 5.75 Å². The minimum Gasteiger partial charge on any atom is -0.507 e. The zero-order valence-corrected chi connectivity index (χ0v) is 24.7. The number of fused-ring (bicyclic) bond motifs is 1. The van der Waals surface area contributed by atoms with Crippen molar-refractivity contribution < 1.29 is 14.6 Å². The van der Waals surface area contributed by atoms with Crippen LogP contribution in [0, 0.1) is 24.7 Å². The summed E-state index contributed by atoms with van der Waals surface area (Å²) in [6.45, 7) is 5.81. The summed E-state index contributed by atoms with van der Waals surface area (Å²) in [7, 11) is 0. The van der Waals surface area contributed by atoms with Gasteiger partial charge in [-0.2, -0.15) is 0 Å². The van der Waals surface area contributed by atoms with Crippen molar-refractivity contribution >= 4 is 23.4 Å². The van der Waals surface area contributed by atoms with Gasteiger partial charge in [0.25, 0.3) is 5.56 Å². The van der Waals surface area contributed by atoms with Crippen molar-refractivity contribution in [1.29, 1.82) is 0 Å². The van der Waals surface area contributed by atoms with Gasteiger partial charge in [-0.3, -0.25) is 9.36 Å². The molecule has 4 saturated carbocycles. The molecule has 5 aliphatic rings. The van der Waals surface area contributed by atoms with Crippen molar-refractivity contribution in [3.63, 3.8) is 0 Å². The van der Waals surface area contributed by atoms with Gasteiger partial charge in [0, 0.05) is 5.56 Å². The van der Waals surface area contributed by atoms with Gasteiger partial charge < -0.3 is 9.84 Å². The number of esters is 1.